The highest BCUT2D eigenvalue weighted by Crippen LogP contribution is 2.26. The van der Waals surface area contributed by atoms with Crippen molar-refractivity contribution in [2.24, 2.45) is 11.8 Å². The maximum absolute atomic E-state index is 12.2. The van der Waals surface area contributed by atoms with Crippen LogP contribution in [0.3, 0.4) is 0 Å². The van der Waals surface area contributed by atoms with Gasteiger partial charge in [-0.25, -0.2) is 0 Å². The van der Waals surface area contributed by atoms with Gasteiger partial charge in [0.2, 0.25) is 5.91 Å². The minimum atomic E-state index is -0.939. The second kappa shape index (κ2) is 6.71. The van der Waals surface area contributed by atoms with Crippen LogP contribution in [0.1, 0.15) is 24.0 Å². The van der Waals surface area contributed by atoms with Crippen LogP contribution < -0.4 is 5.32 Å². The van der Waals surface area contributed by atoms with Crippen LogP contribution in [0.5, 0.6) is 0 Å². The molecule has 21 heavy (non-hydrogen) atoms. The first-order valence-corrected chi connectivity index (χ1v) is 6.76. The molecule has 108 valence electrons. The van der Waals surface area contributed by atoms with Crippen molar-refractivity contribution >= 4 is 11.9 Å². The average Bonchev–Trinajstić information content (AvgIpc) is 2.52. The fourth-order valence-corrected chi connectivity index (χ4v) is 2.45. The van der Waals surface area contributed by atoms with Crippen molar-refractivity contribution in [1.82, 2.24) is 5.32 Å². The largest absolute Gasteiger partial charge is 0.481 e. The zero-order valence-electron chi connectivity index (χ0n) is 11.5. The third-order valence-electron chi connectivity index (χ3n) is 3.61. The normalized spacial score (nSPS) is 20.5. The molecule has 0 fully saturated rings. The van der Waals surface area contributed by atoms with E-state index in [0.717, 1.165) is 5.56 Å². The Kier molecular flexibility index (Phi) is 4.72. The van der Waals surface area contributed by atoms with Crippen molar-refractivity contribution in [3.63, 3.8) is 0 Å². The predicted molar refractivity (Wildman–Crippen MR) is 76.0 cm³/mol. The number of carboxylic acid groups (broad SMARTS) is 1. The molecule has 0 aromatic heterocycles. The molecule has 2 rings (SSSR count). The summed E-state index contributed by atoms with van der Waals surface area (Å²) < 4.78 is 0. The number of hydrogen-bond acceptors (Lipinski definition) is 3. The number of amides is 1. The van der Waals surface area contributed by atoms with Gasteiger partial charge in [0.1, 0.15) is 0 Å². The van der Waals surface area contributed by atoms with Crippen molar-refractivity contribution in [3.05, 3.63) is 47.5 Å². The van der Waals surface area contributed by atoms with E-state index in [9.17, 15) is 9.59 Å². The number of nitrogens with one attached hydrogen (secondary N) is 1. The second-order valence-electron chi connectivity index (χ2n) is 5.02. The number of aliphatic carboxylic acids is 1. The van der Waals surface area contributed by atoms with E-state index in [0.29, 0.717) is 24.9 Å². The number of nitriles is 1. The van der Waals surface area contributed by atoms with Gasteiger partial charge in [-0.2, -0.15) is 5.26 Å². The van der Waals surface area contributed by atoms with Crippen molar-refractivity contribution in [1.29, 1.82) is 5.26 Å². The first kappa shape index (κ1) is 14.8. The minimum Gasteiger partial charge on any atom is -0.481 e. The molecule has 1 aliphatic rings. The zero-order chi connectivity index (χ0) is 15.2. The Morgan fingerprint density at radius 1 is 1.29 bits per heavy atom. The van der Waals surface area contributed by atoms with Crippen molar-refractivity contribution in [2.75, 3.05) is 0 Å². The maximum Gasteiger partial charge on any atom is 0.307 e. The molecule has 2 atom stereocenters. The number of carbonyl (C=O) groups is 2. The second-order valence-corrected chi connectivity index (χ2v) is 5.02. The van der Waals surface area contributed by atoms with Crippen LogP contribution in [0.25, 0.3) is 0 Å². The topological polar surface area (TPSA) is 90.2 Å². The van der Waals surface area contributed by atoms with Crippen LogP contribution in [-0.2, 0) is 16.1 Å². The zero-order valence-corrected chi connectivity index (χ0v) is 11.5. The van der Waals surface area contributed by atoms with Crippen LogP contribution in [0.4, 0.5) is 0 Å². The number of carbonyl (C=O) groups excluding carboxylic acids is 1. The standard InChI is InChI=1S/C16H16N2O3/c17-9-11-4-3-5-12(8-11)10-18-15(19)13-6-1-2-7-14(13)16(20)21/h1-5,8,13-14H,6-7,10H2,(H,18,19)(H,20,21). The number of rotatable bonds is 4. The van der Waals surface area contributed by atoms with Gasteiger partial charge < -0.3 is 10.4 Å². The highest BCUT2D eigenvalue weighted by Gasteiger charge is 2.33. The summed E-state index contributed by atoms with van der Waals surface area (Å²) in [5, 5.41) is 20.7. The number of nitrogens with zero attached hydrogens (tertiary/aromatic N) is 1. The summed E-state index contributed by atoms with van der Waals surface area (Å²) in [4.78, 5) is 23.3. The third kappa shape index (κ3) is 3.69. The van der Waals surface area contributed by atoms with Gasteiger partial charge in [-0.1, -0.05) is 24.3 Å². The van der Waals surface area contributed by atoms with Gasteiger partial charge in [-0.05, 0) is 30.5 Å². The third-order valence-corrected chi connectivity index (χ3v) is 3.61. The van der Waals surface area contributed by atoms with Crippen LogP contribution in [0, 0.1) is 23.2 Å². The Morgan fingerprint density at radius 3 is 2.67 bits per heavy atom. The summed E-state index contributed by atoms with van der Waals surface area (Å²) in [7, 11) is 0. The summed E-state index contributed by atoms with van der Waals surface area (Å²) in [6.07, 6.45) is 4.48. The van der Waals surface area contributed by atoms with Gasteiger partial charge in [-0.15, -0.1) is 0 Å². The molecule has 0 heterocycles. The van der Waals surface area contributed by atoms with Crippen LogP contribution in [0.2, 0.25) is 0 Å². The maximum atomic E-state index is 12.2. The Labute approximate surface area is 122 Å². The minimum absolute atomic E-state index is 0.255. The molecule has 5 heteroatoms. The quantitative estimate of drug-likeness (QED) is 0.825. The summed E-state index contributed by atoms with van der Waals surface area (Å²) in [5.74, 6) is -2.40. The van der Waals surface area contributed by atoms with Gasteiger partial charge >= 0.3 is 5.97 Å². The van der Waals surface area contributed by atoms with Gasteiger partial charge in [0.15, 0.2) is 0 Å². The number of hydrogen-bond donors (Lipinski definition) is 2. The molecule has 0 saturated heterocycles. The Hall–Kier alpha value is -2.61. The summed E-state index contributed by atoms with van der Waals surface area (Å²) >= 11 is 0. The lowest BCUT2D eigenvalue weighted by Crippen LogP contribution is -2.38. The van der Waals surface area contributed by atoms with E-state index in [2.05, 4.69) is 5.32 Å². The fourth-order valence-electron chi connectivity index (χ4n) is 2.45. The molecule has 5 nitrogen and oxygen atoms in total. The first-order chi connectivity index (χ1) is 10.1. The SMILES string of the molecule is N#Cc1cccc(CNC(=O)C2CC=CCC2C(=O)O)c1. The summed E-state index contributed by atoms with van der Waals surface area (Å²) in [5.41, 5.74) is 1.35. The van der Waals surface area contributed by atoms with Crippen molar-refractivity contribution in [3.8, 4) is 6.07 Å². The van der Waals surface area contributed by atoms with Gasteiger partial charge in [-0.3, -0.25) is 9.59 Å². The van der Waals surface area contributed by atoms with Crippen molar-refractivity contribution < 1.29 is 14.7 Å². The number of allylic oxidation sites excluding steroid dienone is 2. The monoisotopic (exact) mass is 284 g/mol. The predicted octanol–water partition coefficient (Wildman–Crippen LogP) is 1.84. The smallest absolute Gasteiger partial charge is 0.307 e. The lowest BCUT2D eigenvalue weighted by molar-refractivity contribution is -0.147. The highest BCUT2D eigenvalue weighted by molar-refractivity contribution is 5.85. The van der Waals surface area contributed by atoms with Gasteiger partial charge in [0.05, 0.1) is 23.5 Å². The molecular weight excluding hydrogens is 268 g/mol. The lowest BCUT2D eigenvalue weighted by atomic mass is 9.82. The summed E-state index contributed by atoms with van der Waals surface area (Å²) in [6, 6.07) is 9.01. The van der Waals surface area contributed by atoms with E-state index in [1.807, 2.05) is 18.2 Å². The molecule has 2 N–H and O–H groups in total. The molecule has 0 saturated carbocycles. The van der Waals surface area contributed by atoms with E-state index in [1.165, 1.54) is 0 Å². The van der Waals surface area contributed by atoms with Crippen LogP contribution >= 0.6 is 0 Å². The number of benzene rings is 1. The molecule has 0 bridgehead atoms. The molecular formula is C16H16N2O3. The van der Waals surface area contributed by atoms with E-state index in [4.69, 9.17) is 10.4 Å². The molecule has 2 unspecified atom stereocenters. The summed E-state index contributed by atoms with van der Waals surface area (Å²) in [6.45, 7) is 0.293. The molecule has 0 spiro atoms. The molecule has 0 radical (unpaired) electrons. The van der Waals surface area contributed by atoms with Crippen LogP contribution in [0.15, 0.2) is 36.4 Å². The van der Waals surface area contributed by atoms with E-state index >= 15 is 0 Å². The fraction of sp³-hybridized carbons (Fsp3) is 0.312. The van der Waals surface area contributed by atoms with E-state index in [1.54, 1.807) is 24.3 Å². The lowest BCUT2D eigenvalue weighted by Gasteiger charge is -2.24. The van der Waals surface area contributed by atoms with Crippen LogP contribution in [-0.4, -0.2) is 17.0 Å². The van der Waals surface area contributed by atoms with Crippen molar-refractivity contribution in [2.45, 2.75) is 19.4 Å². The Bertz CT molecular complexity index is 616. The molecule has 0 aliphatic heterocycles. The molecule has 1 amide bonds. The van der Waals surface area contributed by atoms with Gasteiger partial charge in [0, 0.05) is 6.54 Å². The first-order valence-electron chi connectivity index (χ1n) is 6.76. The van der Waals surface area contributed by atoms with Gasteiger partial charge in [0.25, 0.3) is 0 Å². The van der Waals surface area contributed by atoms with E-state index < -0.39 is 17.8 Å². The number of carboxylic acids is 1. The van der Waals surface area contributed by atoms with E-state index in [-0.39, 0.29) is 5.91 Å². The molecule has 1 aliphatic carbocycles. The Balaban J connectivity index is 1.99. The average molecular weight is 284 g/mol. The molecule has 1 aromatic carbocycles. The molecule has 1 aromatic rings. The Morgan fingerprint density at radius 2 is 2.00 bits per heavy atom. The highest BCUT2D eigenvalue weighted by atomic mass is 16.4.